The van der Waals surface area contributed by atoms with Gasteiger partial charge in [0.25, 0.3) is 5.70 Å². The maximum Gasteiger partial charge on any atom is 0.284 e. The van der Waals surface area contributed by atoms with Crippen LogP contribution < -0.4 is 4.74 Å². The van der Waals surface area contributed by atoms with Gasteiger partial charge in [0.15, 0.2) is 6.61 Å². The van der Waals surface area contributed by atoms with Crippen molar-refractivity contribution in [1.29, 1.82) is 0 Å². The molecule has 1 heterocycles. The van der Waals surface area contributed by atoms with Crippen LogP contribution in [0.1, 0.15) is 11.1 Å². The highest BCUT2D eigenvalue weighted by Gasteiger charge is 2.20. The van der Waals surface area contributed by atoms with E-state index >= 15 is 0 Å². The van der Waals surface area contributed by atoms with Crippen LogP contribution in [0.5, 0.6) is 5.75 Å². The second kappa shape index (κ2) is 3.14. The second-order valence-corrected chi connectivity index (χ2v) is 3.17. The predicted molar refractivity (Wildman–Crippen MR) is 51.6 cm³/mol. The first kappa shape index (κ1) is 8.74. The zero-order valence-electron chi connectivity index (χ0n) is 7.69. The molecule has 1 aliphatic heterocycles. The van der Waals surface area contributed by atoms with Crippen LogP contribution in [0.3, 0.4) is 0 Å². The van der Waals surface area contributed by atoms with Gasteiger partial charge < -0.3 is 4.74 Å². The SMILES string of the molecule is Cc1cccc2c1OCC([N+](=O)[O-])=C2. The number of para-hydroxylation sites is 1. The molecule has 0 spiro atoms. The molecule has 4 heteroatoms. The quantitative estimate of drug-likeness (QED) is 0.504. The summed E-state index contributed by atoms with van der Waals surface area (Å²) in [7, 11) is 0. The highest BCUT2D eigenvalue weighted by atomic mass is 16.6. The third kappa shape index (κ3) is 1.35. The summed E-state index contributed by atoms with van der Waals surface area (Å²) in [5, 5.41) is 10.5. The summed E-state index contributed by atoms with van der Waals surface area (Å²) in [6.45, 7) is 1.97. The normalized spacial score (nSPS) is 13.9. The van der Waals surface area contributed by atoms with E-state index in [2.05, 4.69) is 0 Å². The molecule has 0 fully saturated rings. The molecular weight excluding hydrogens is 182 g/mol. The minimum atomic E-state index is -0.411. The van der Waals surface area contributed by atoms with Crippen LogP contribution in [0.2, 0.25) is 0 Å². The van der Waals surface area contributed by atoms with Crippen LogP contribution in [0, 0.1) is 17.0 Å². The topological polar surface area (TPSA) is 52.4 Å². The molecule has 0 N–H and O–H groups in total. The molecule has 0 atom stereocenters. The van der Waals surface area contributed by atoms with Gasteiger partial charge in [-0.15, -0.1) is 0 Å². The summed E-state index contributed by atoms with van der Waals surface area (Å²) in [5.41, 5.74) is 1.88. The minimum absolute atomic E-state index is 0.0465. The first-order chi connectivity index (χ1) is 6.68. The molecule has 0 bridgehead atoms. The Balaban J connectivity index is 2.50. The highest BCUT2D eigenvalue weighted by Crippen LogP contribution is 2.29. The Morgan fingerprint density at radius 1 is 1.50 bits per heavy atom. The zero-order valence-corrected chi connectivity index (χ0v) is 7.69. The third-order valence-electron chi connectivity index (χ3n) is 2.16. The van der Waals surface area contributed by atoms with Gasteiger partial charge in [-0.25, -0.2) is 0 Å². The lowest BCUT2D eigenvalue weighted by Crippen LogP contribution is -2.14. The van der Waals surface area contributed by atoms with Crippen LogP contribution >= 0.6 is 0 Å². The van der Waals surface area contributed by atoms with Crippen LogP contribution in [-0.2, 0) is 0 Å². The molecule has 0 aliphatic carbocycles. The molecule has 1 aromatic carbocycles. The molecular formula is C10H9NO3. The van der Waals surface area contributed by atoms with Crippen molar-refractivity contribution < 1.29 is 9.66 Å². The van der Waals surface area contributed by atoms with Gasteiger partial charge in [-0.1, -0.05) is 18.2 Å². The van der Waals surface area contributed by atoms with Gasteiger partial charge in [0, 0.05) is 11.6 Å². The van der Waals surface area contributed by atoms with Crippen molar-refractivity contribution in [2.45, 2.75) is 6.92 Å². The van der Waals surface area contributed by atoms with E-state index in [0.29, 0.717) is 0 Å². The molecule has 0 aromatic heterocycles. The number of ether oxygens (including phenoxy) is 1. The number of aryl methyl sites for hydroxylation is 1. The monoisotopic (exact) mass is 191 g/mol. The molecule has 2 rings (SSSR count). The Morgan fingerprint density at radius 3 is 3.00 bits per heavy atom. The van der Waals surface area contributed by atoms with Crippen molar-refractivity contribution in [2.24, 2.45) is 0 Å². The van der Waals surface area contributed by atoms with Crippen molar-refractivity contribution in [2.75, 3.05) is 6.61 Å². The van der Waals surface area contributed by atoms with E-state index in [9.17, 15) is 10.1 Å². The largest absolute Gasteiger partial charge is 0.481 e. The van der Waals surface area contributed by atoms with Crippen LogP contribution in [0.25, 0.3) is 6.08 Å². The van der Waals surface area contributed by atoms with Gasteiger partial charge >= 0.3 is 0 Å². The molecule has 1 aliphatic rings. The average Bonchev–Trinajstić information content (AvgIpc) is 2.17. The number of nitrogens with zero attached hydrogens (tertiary/aromatic N) is 1. The van der Waals surface area contributed by atoms with E-state index in [1.807, 2.05) is 25.1 Å². The molecule has 0 saturated heterocycles. The van der Waals surface area contributed by atoms with Crippen molar-refractivity contribution in [3.05, 3.63) is 45.1 Å². The van der Waals surface area contributed by atoms with Crippen LogP contribution in [-0.4, -0.2) is 11.5 Å². The number of hydrogen-bond acceptors (Lipinski definition) is 3. The van der Waals surface area contributed by atoms with Crippen molar-refractivity contribution >= 4 is 6.08 Å². The maximum atomic E-state index is 10.5. The lowest BCUT2D eigenvalue weighted by atomic mass is 10.1. The number of nitro groups is 1. The Bertz CT molecular complexity index is 423. The summed E-state index contributed by atoms with van der Waals surface area (Å²) < 4.78 is 5.32. The number of benzene rings is 1. The number of rotatable bonds is 1. The molecule has 1 aromatic rings. The van der Waals surface area contributed by atoms with Crippen LogP contribution in [0.15, 0.2) is 23.9 Å². The number of fused-ring (bicyclic) bond motifs is 1. The van der Waals surface area contributed by atoms with Crippen molar-refractivity contribution in [3.63, 3.8) is 0 Å². The summed E-state index contributed by atoms with van der Waals surface area (Å²) in [6.07, 6.45) is 1.56. The van der Waals surface area contributed by atoms with Gasteiger partial charge in [-0.05, 0) is 12.5 Å². The van der Waals surface area contributed by atoms with Gasteiger partial charge in [0.05, 0.1) is 4.92 Å². The highest BCUT2D eigenvalue weighted by molar-refractivity contribution is 5.62. The van der Waals surface area contributed by atoms with Crippen molar-refractivity contribution in [3.8, 4) is 5.75 Å². The molecule has 0 unspecified atom stereocenters. The predicted octanol–water partition coefficient (Wildman–Crippen LogP) is 2.01. The van der Waals surface area contributed by atoms with Crippen molar-refractivity contribution in [1.82, 2.24) is 0 Å². The average molecular weight is 191 g/mol. The fraction of sp³-hybridized carbons (Fsp3) is 0.200. The second-order valence-electron chi connectivity index (χ2n) is 3.17. The summed E-state index contributed by atoms with van der Waals surface area (Å²) in [4.78, 5) is 10.1. The summed E-state index contributed by atoms with van der Waals surface area (Å²) in [5.74, 6) is 0.748. The van der Waals surface area contributed by atoms with Gasteiger partial charge in [0.2, 0.25) is 0 Å². The molecule has 0 amide bonds. The van der Waals surface area contributed by atoms with E-state index < -0.39 is 4.92 Å². The van der Waals surface area contributed by atoms with E-state index in [1.54, 1.807) is 6.08 Å². The minimum Gasteiger partial charge on any atom is -0.481 e. The lowest BCUT2D eigenvalue weighted by Gasteiger charge is -2.14. The smallest absolute Gasteiger partial charge is 0.284 e. The summed E-state index contributed by atoms with van der Waals surface area (Å²) >= 11 is 0. The first-order valence-corrected chi connectivity index (χ1v) is 4.26. The molecule has 72 valence electrons. The Morgan fingerprint density at radius 2 is 2.29 bits per heavy atom. The van der Waals surface area contributed by atoms with Gasteiger partial charge in [-0.3, -0.25) is 10.1 Å². The molecule has 0 radical (unpaired) electrons. The Labute approximate surface area is 81.0 Å². The molecule has 0 saturated carbocycles. The third-order valence-corrected chi connectivity index (χ3v) is 2.16. The van der Waals surface area contributed by atoms with E-state index in [4.69, 9.17) is 4.74 Å². The van der Waals surface area contributed by atoms with E-state index in [1.165, 1.54) is 0 Å². The first-order valence-electron chi connectivity index (χ1n) is 4.26. The lowest BCUT2D eigenvalue weighted by molar-refractivity contribution is -0.427. The van der Waals surface area contributed by atoms with E-state index in [0.717, 1.165) is 16.9 Å². The number of hydrogen-bond donors (Lipinski definition) is 0. The fourth-order valence-corrected chi connectivity index (χ4v) is 1.46. The van der Waals surface area contributed by atoms with Crippen LogP contribution in [0.4, 0.5) is 0 Å². The van der Waals surface area contributed by atoms with E-state index in [-0.39, 0.29) is 12.3 Å². The molecule has 14 heavy (non-hydrogen) atoms. The fourth-order valence-electron chi connectivity index (χ4n) is 1.46. The Hall–Kier alpha value is -1.84. The van der Waals surface area contributed by atoms with Gasteiger partial charge in [-0.2, -0.15) is 0 Å². The molecule has 4 nitrogen and oxygen atoms in total. The van der Waals surface area contributed by atoms with Gasteiger partial charge in [0.1, 0.15) is 5.75 Å². The summed E-state index contributed by atoms with van der Waals surface area (Å²) in [6, 6.07) is 5.59. The standard InChI is InChI=1S/C10H9NO3/c1-7-3-2-4-8-5-9(11(12)13)6-14-10(7)8/h2-5H,6H2,1H3. The Kier molecular flexibility index (Phi) is 1.96. The maximum absolute atomic E-state index is 10.5. The zero-order chi connectivity index (χ0) is 10.1.